The molecule has 1 saturated carbocycles. The Morgan fingerprint density at radius 1 is 1.29 bits per heavy atom. The van der Waals surface area contributed by atoms with Gasteiger partial charge in [0.1, 0.15) is 0 Å². The lowest BCUT2D eigenvalue weighted by Gasteiger charge is -2.33. The number of hydrogen-bond donors (Lipinski definition) is 2. The van der Waals surface area contributed by atoms with Crippen molar-refractivity contribution in [2.24, 2.45) is 22.5 Å². The summed E-state index contributed by atoms with van der Waals surface area (Å²) in [6.45, 7) is 7.21. The van der Waals surface area contributed by atoms with E-state index in [2.05, 4.69) is 45.0 Å². The van der Waals surface area contributed by atoms with Gasteiger partial charge in [0.25, 0.3) is 0 Å². The van der Waals surface area contributed by atoms with Crippen LogP contribution in [0.1, 0.15) is 51.5 Å². The monoisotopic (exact) mass is 289 g/mol. The van der Waals surface area contributed by atoms with E-state index < -0.39 is 5.97 Å². The summed E-state index contributed by atoms with van der Waals surface area (Å²) >= 11 is 0. The van der Waals surface area contributed by atoms with E-state index in [9.17, 15) is 9.90 Å². The van der Waals surface area contributed by atoms with Gasteiger partial charge in [0.05, 0.1) is 6.42 Å². The molecule has 0 spiro atoms. The van der Waals surface area contributed by atoms with E-state index >= 15 is 0 Å². The summed E-state index contributed by atoms with van der Waals surface area (Å²) in [7, 11) is 0. The van der Waals surface area contributed by atoms with Crippen LogP contribution in [0.4, 0.5) is 0 Å². The summed E-state index contributed by atoms with van der Waals surface area (Å²) in [6, 6.07) is 10.5. The lowest BCUT2D eigenvalue weighted by Crippen LogP contribution is -2.31. The minimum atomic E-state index is -0.734. The quantitative estimate of drug-likeness (QED) is 0.889. The van der Waals surface area contributed by atoms with Gasteiger partial charge < -0.3 is 10.8 Å². The molecule has 3 N–H and O–H groups in total. The molecule has 0 aliphatic heterocycles. The third kappa shape index (κ3) is 3.46. The van der Waals surface area contributed by atoms with Crippen molar-refractivity contribution in [1.29, 1.82) is 0 Å². The van der Waals surface area contributed by atoms with Crippen LogP contribution in [-0.4, -0.2) is 17.6 Å². The Labute approximate surface area is 127 Å². The smallest absolute Gasteiger partial charge is 0.303 e. The first-order valence-electron chi connectivity index (χ1n) is 7.74. The topological polar surface area (TPSA) is 63.3 Å². The van der Waals surface area contributed by atoms with Gasteiger partial charge in [0.2, 0.25) is 0 Å². The fraction of sp³-hybridized carbons (Fsp3) is 0.611. The maximum atomic E-state index is 11.3. The largest absolute Gasteiger partial charge is 0.481 e. The molecule has 3 nitrogen and oxygen atoms in total. The Morgan fingerprint density at radius 2 is 1.90 bits per heavy atom. The Balaban J connectivity index is 2.36. The average molecular weight is 289 g/mol. The van der Waals surface area contributed by atoms with Crippen LogP contribution in [-0.2, 0) is 4.79 Å². The summed E-state index contributed by atoms with van der Waals surface area (Å²) < 4.78 is 0. The van der Waals surface area contributed by atoms with Gasteiger partial charge in [0, 0.05) is 0 Å². The molecule has 1 fully saturated rings. The summed E-state index contributed by atoms with van der Waals surface area (Å²) in [6.07, 6.45) is 1.96. The van der Waals surface area contributed by atoms with Crippen LogP contribution in [0.15, 0.2) is 30.3 Å². The Hall–Kier alpha value is -1.35. The second-order valence-corrected chi connectivity index (χ2v) is 7.67. The van der Waals surface area contributed by atoms with E-state index in [1.807, 2.05) is 6.07 Å². The molecule has 1 aliphatic carbocycles. The number of carboxylic acid groups (broad SMARTS) is 1. The standard InChI is InChI=1S/C18H27NO2/c1-17(2,3)15-10-18(12-19,11-16(20)21)9-14(15)13-7-5-4-6-8-13/h4-8,14-15H,9-12,19H2,1-3H3,(H,20,21)/t14-,15+,18+/m1/s1. The number of hydrogen-bond acceptors (Lipinski definition) is 2. The molecule has 1 aromatic carbocycles. The summed E-state index contributed by atoms with van der Waals surface area (Å²) in [5.74, 6) is 0.124. The zero-order chi connectivity index (χ0) is 15.7. The summed E-state index contributed by atoms with van der Waals surface area (Å²) in [5.41, 5.74) is 7.21. The zero-order valence-corrected chi connectivity index (χ0v) is 13.3. The number of benzene rings is 1. The lowest BCUT2D eigenvalue weighted by atomic mass is 9.72. The zero-order valence-electron chi connectivity index (χ0n) is 13.3. The van der Waals surface area contributed by atoms with Crippen molar-refractivity contribution < 1.29 is 9.90 Å². The predicted octanol–water partition coefficient (Wildman–Crippen LogP) is 3.65. The van der Waals surface area contributed by atoms with Crippen LogP contribution in [0.25, 0.3) is 0 Å². The fourth-order valence-corrected chi connectivity index (χ4v) is 3.96. The molecule has 0 radical (unpaired) electrons. The molecule has 3 atom stereocenters. The molecule has 0 bridgehead atoms. The van der Waals surface area contributed by atoms with Crippen LogP contribution in [0, 0.1) is 16.7 Å². The van der Waals surface area contributed by atoms with Gasteiger partial charge in [-0.2, -0.15) is 0 Å². The molecule has 0 amide bonds. The van der Waals surface area contributed by atoms with Crippen molar-refractivity contribution in [1.82, 2.24) is 0 Å². The highest BCUT2D eigenvalue weighted by atomic mass is 16.4. The van der Waals surface area contributed by atoms with Gasteiger partial charge in [-0.05, 0) is 47.6 Å². The van der Waals surface area contributed by atoms with E-state index in [1.165, 1.54) is 5.56 Å². The number of aliphatic carboxylic acids is 1. The highest BCUT2D eigenvalue weighted by Crippen LogP contribution is 2.57. The van der Waals surface area contributed by atoms with Crippen LogP contribution in [0.2, 0.25) is 0 Å². The predicted molar refractivity (Wildman–Crippen MR) is 85.1 cm³/mol. The molecule has 1 aromatic rings. The van der Waals surface area contributed by atoms with Crippen molar-refractivity contribution in [3.63, 3.8) is 0 Å². The van der Waals surface area contributed by atoms with Gasteiger partial charge in [0.15, 0.2) is 0 Å². The summed E-state index contributed by atoms with van der Waals surface area (Å²) in [4.78, 5) is 11.3. The number of carbonyl (C=O) groups is 1. The first-order chi connectivity index (χ1) is 9.77. The molecule has 0 aromatic heterocycles. The molecule has 0 saturated heterocycles. The van der Waals surface area contributed by atoms with Gasteiger partial charge in [-0.3, -0.25) is 4.79 Å². The highest BCUT2D eigenvalue weighted by molar-refractivity contribution is 5.68. The Morgan fingerprint density at radius 3 is 2.38 bits per heavy atom. The molecule has 0 heterocycles. The third-order valence-electron chi connectivity index (χ3n) is 5.09. The van der Waals surface area contributed by atoms with Crippen molar-refractivity contribution in [3.05, 3.63) is 35.9 Å². The lowest BCUT2D eigenvalue weighted by molar-refractivity contribution is -0.139. The molecular weight excluding hydrogens is 262 g/mol. The normalized spacial score (nSPS) is 29.5. The van der Waals surface area contributed by atoms with Crippen LogP contribution >= 0.6 is 0 Å². The molecule has 3 heteroatoms. The molecule has 116 valence electrons. The third-order valence-corrected chi connectivity index (χ3v) is 5.09. The first-order valence-corrected chi connectivity index (χ1v) is 7.74. The average Bonchev–Trinajstić information content (AvgIpc) is 2.79. The van der Waals surface area contributed by atoms with E-state index in [1.54, 1.807) is 0 Å². The summed E-state index contributed by atoms with van der Waals surface area (Å²) in [5, 5.41) is 9.26. The van der Waals surface area contributed by atoms with Gasteiger partial charge >= 0.3 is 5.97 Å². The number of carboxylic acids is 1. The molecule has 2 rings (SSSR count). The Bertz CT molecular complexity index is 492. The molecular formula is C18H27NO2. The minimum Gasteiger partial charge on any atom is -0.481 e. The van der Waals surface area contributed by atoms with Crippen LogP contribution in [0.3, 0.4) is 0 Å². The van der Waals surface area contributed by atoms with E-state index in [0.29, 0.717) is 18.4 Å². The maximum Gasteiger partial charge on any atom is 0.303 e. The fourth-order valence-electron chi connectivity index (χ4n) is 3.96. The first kappa shape index (κ1) is 16.0. The van der Waals surface area contributed by atoms with Crippen LogP contribution < -0.4 is 5.73 Å². The van der Waals surface area contributed by atoms with Crippen LogP contribution in [0.5, 0.6) is 0 Å². The second kappa shape index (κ2) is 5.80. The SMILES string of the molecule is CC(C)(C)[C@H]1C[C@](CN)(CC(=O)O)C[C@@H]1c1ccccc1. The molecule has 1 aliphatic rings. The van der Waals surface area contributed by atoms with Crippen molar-refractivity contribution in [2.45, 2.75) is 46.0 Å². The number of rotatable bonds is 4. The van der Waals surface area contributed by atoms with E-state index in [-0.39, 0.29) is 17.3 Å². The Kier molecular flexibility index (Phi) is 4.43. The van der Waals surface area contributed by atoms with Crippen molar-refractivity contribution in [3.8, 4) is 0 Å². The van der Waals surface area contributed by atoms with Crippen molar-refractivity contribution in [2.75, 3.05) is 6.54 Å². The van der Waals surface area contributed by atoms with E-state index in [4.69, 9.17) is 5.73 Å². The second-order valence-electron chi connectivity index (χ2n) is 7.67. The van der Waals surface area contributed by atoms with Gasteiger partial charge in [-0.1, -0.05) is 51.1 Å². The minimum absolute atomic E-state index is 0.149. The van der Waals surface area contributed by atoms with Gasteiger partial charge in [-0.15, -0.1) is 0 Å². The van der Waals surface area contributed by atoms with E-state index in [0.717, 1.165) is 12.8 Å². The molecule has 21 heavy (non-hydrogen) atoms. The van der Waals surface area contributed by atoms with Crippen molar-refractivity contribution >= 4 is 5.97 Å². The van der Waals surface area contributed by atoms with Gasteiger partial charge in [-0.25, -0.2) is 0 Å². The number of nitrogens with two attached hydrogens (primary N) is 1. The maximum absolute atomic E-state index is 11.3. The molecule has 0 unspecified atom stereocenters. The highest BCUT2D eigenvalue weighted by Gasteiger charge is 2.49.